The topological polar surface area (TPSA) is 90.2 Å². The van der Waals surface area contributed by atoms with Gasteiger partial charge in [-0.05, 0) is 42.7 Å². The zero-order valence-corrected chi connectivity index (χ0v) is 20.4. The number of aromatic nitrogens is 2. The molecule has 0 radical (unpaired) electrons. The van der Waals surface area contributed by atoms with Gasteiger partial charge in [-0.3, -0.25) is 10.1 Å². The van der Waals surface area contributed by atoms with E-state index in [1.165, 1.54) is 17.7 Å². The number of nitro benzene ring substituents is 1. The summed E-state index contributed by atoms with van der Waals surface area (Å²) in [5.41, 5.74) is 3.37. The molecule has 37 heavy (non-hydrogen) atoms. The van der Waals surface area contributed by atoms with E-state index in [-0.39, 0.29) is 5.69 Å². The zero-order chi connectivity index (χ0) is 25.6. The summed E-state index contributed by atoms with van der Waals surface area (Å²) >= 11 is 0. The Morgan fingerprint density at radius 1 is 0.865 bits per heavy atom. The number of ether oxygens (including phenoxy) is 1. The normalized spacial score (nSPS) is 10.8. The Morgan fingerprint density at radius 3 is 2.38 bits per heavy atom. The second-order valence-electron chi connectivity index (χ2n) is 8.73. The molecule has 1 N–H and O–H groups in total. The van der Waals surface area contributed by atoms with Crippen molar-refractivity contribution in [2.24, 2.45) is 0 Å². The van der Waals surface area contributed by atoms with Gasteiger partial charge in [0.2, 0.25) is 0 Å². The number of nitro groups is 1. The molecule has 0 atom stereocenters. The van der Waals surface area contributed by atoms with Gasteiger partial charge in [-0.25, -0.2) is 9.97 Å². The minimum absolute atomic E-state index is 0.0859. The Morgan fingerprint density at radius 2 is 1.62 bits per heavy atom. The van der Waals surface area contributed by atoms with Crippen LogP contribution in [-0.2, 0) is 6.42 Å². The summed E-state index contributed by atoms with van der Waals surface area (Å²) in [6.07, 6.45) is 3.35. The highest BCUT2D eigenvalue weighted by Gasteiger charge is 2.15. The Bertz CT molecular complexity index is 1540. The van der Waals surface area contributed by atoms with Crippen LogP contribution in [0.3, 0.4) is 0 Å². The molecule has 0 amide bonds. The van der Waals surface area contributed by atoms with Gasteiger partial charge in [0, 0.05) is 23.1 Å². The van der Waals surface area contributed by atoms with Gasteiger partial charge >= 0.3 is 0 Å². The number of rotatable bonds is 9. The van der Waals surface area contributed by atoms with Crippen molar-refractivity contribution in [1.29, 1.82) is 0 Å². The predicted octanol–water partition coefficient (Wildman–Crippen LogP) is 8.08. The summed E-state index contributed by atoms with van der Waals surface area (Å²) < 4.78 is 5.89. The summed E-state index contributed by atoms with van der Waals surface area (Å²) in [4.78, 5) is 20.8. The molecule has 7 nitrogen and oxygen atoms in total. The van der Waals surface area contributed by atoms with E-state index in [1.807, 2.05) is 54.6 Å². The molecule has 0 unspecified atom stereocenters. The van der Waals surface area contributed by atoms with Crippen molar-refractivity contribution in [3.63, 3.8) is 0 Å². The van der Waals surface area contributed by atoms with Crippen molar-refractivity contribution in [3.05, 3.63) is 113 Å². The van der Waals surface area contributed by atoms with Crippen molar-refractivity contribution in [2.45, 2.75) is 26.2 Å². The highest BCUT2D eigenvalue weighted by atomic mass is 16.6. The third-order valence-corrected chi connectivity index (χ3v) is 5.98. The lowest BCUT2D eigenvalue weighted by Gasteiger charge is -2.13. The number of fused-ring (bicyclic) bond motifs is 1. The molecule has 0 fully saturated rings. The number of hydrogen-bond acceptors (Lipinski definition) is 6. The lowest BCUT2D eigenvalue weighted by Crippen LogP contribution is -2.00. The number of unbranched alkanes of at least 4 members (excludes halogenated alkanes) is 1. The Labute approximate surface area is 214 Å². The average molecular weight is 491 g/mol. The molecule has 5 aromatic rings. The van der Waals surface area contributed by atoms with E-state index in [0.717, 1.165) is 35.7 Å². The standard InChI is InChI=1S/C30H26N4O3/c1-2-3-9-21-14-16-22(17-15-21)29-32-28-13-8-7-12-27(28)30(33-29)31-23-18-24(34(35)36)20-26(19-23)37-25-10-5-4-6-11-25/h4-8,10-20H,2-3,9H2,1H3,(H,31,32,33). The molecule has 4 aromatic carbocycles. The van der Waals surface area contributed by atoms with E-state index in [1.54, 1.807) is 18.2 Å². The highest BCUT2D eigenvalue weighted by molar-refractivity contribution is 5.92. The molecular formula is C30H26N4O3. The van der Waals surface area contributed by atoms with Crippen molar-refractivity contribution >= 4 is 28.1 Å². The van der Waals surface area contributed by atoms with Crippen molar-refractivity contribution in [2.75, 3.05) is 5.32 Å². The van der Waals surface area contributed by atoms with Crippen LogP contribution >= 0.6 is 0 Å². The maximum Gasteiger partial charge on any atom is 0.275 e. The fraction of sp³-hybridized carbons (Fsp3) is 0.133. The van der Waals surface area contributed by atoms with E-state index < -0.39 is 4.92 Å². The Kier molecular flexibility index (Phi) is 7.03. The minimum atomic E-state index is -0.438. The summed E-state index contributed by atoms with van der Waals surface area (Å²) in [7, 11) is 0. The van der Waals surface area contributed by atoms with Gasteiger partial charge < -0.3 is 10.1 Å². The monoisotopic (exact) mass is 490 g/mol. The Balaban J connectivity index is 1.52. The largest absolute Gasteiger partial charge is 0.457 e. The molecule has 1 aromatic heterocycles. The maximum atomic E-state index is 11.7. The van der Waals surface area contributed by atoms with Crippen LogP contribution in [0, 0.1) is 10.1 Å². The molecule has 7 heteroatoms. The van der Waals surface area contributed by atoms with Crippen molar-refractivity contribution < 1.29 is 9.66 Å². The van der Waals surface area contributed by atoms with Gasteiger partial charge in [0.25, 0.3) is 5.69 Å². The van der Waals surface area contributed by atoms with Crippen LogP contribution in [0.1, 0.15) is 25.3 Å². The van der Waals surface area contributed by atoms with E-state index in [4.69, 9.17) is 14.7 Å². The van der Waals surface area contributed by atoms with Crippen LogP contribution in [0.2, 0.25) is 0 Å². The highest BCUT2D eigenvalue weighted by Crippen LogP contribution is 2.33. The number of aryl methyl sites for hydroxylation is 1. The first-order valence-corrected chi connectivity index (χ1v) is 12.2. The lowest BCUT2D eigenvalue weighted by molar-refractivity contribution is -0.384. The molecule has 184 valence electrons. The number of nitrogens with one attached hydrogen (secondary N) is 1. The quantitative estimate of drug-likeness (QED) is 0.166. The first-order valence-electron chi connectivity index (χ1n) is 12.2. The SMILES string of the molecule is CCCCc1ccc(-c2nc(Nc3cc(Oc4ccccc4)cc([N+](=O)[O-])c3)c3ccccc3n2)cc1. The van der Waals surface area contributed by atoms with E-state index in [2.05, 4.69) is 24.4 Å². The second-order valence-corrected chi connectivity index (χ2v) is 8.73. The first kappa shape index (κ1) is 23.9. The number of non-ortho nitro benzene ring substituents is 1. The minimum Gasteiger partial charge on any atom is -0.457 e. The fourth-order valence-corrected chi connectivity index (χ4v) is 4.08. The molecule has 0 saturated heterocycles. The van der Waals surface area contributed by atoms with Gasteiger partial charge in [-0.15, -0.1) is 0 Å². The molecule has 0 aliphatic rings. The Hall–Kier alpha value is -4.78. The molecule has 0 aliphatic carbocycles. The molecule has 5 rings (SSSR count). The van der Waals surface area contributed by atoms with Crippen LogP contribution in [0.4, 0.5) is 17.2 Å². The fourth-order valence-electron chi connectivity index (χ4n) is 4.08. The van der Waals surface area contributed by atoms with Crippen LogP contribution < -0.4 is 10.1 Å². The van der Waals surface area contributed by atoms with Gasteiger partial charge in [0.15, 0.2) is 5.82 Å². The molecule has 0 spiro atoms. The second kappa shape index (κ2) is 10.9. The number of para-hydroxylation sites is 2. The molecule has 1 heterocycles. The summed E-state index contributed by atoms with van der Waals surface area (Å²) in [5, 5.41) is 15.7. The smallest absolute Gasteiger partial charge is 0.275 e. The number of anilines is 2. The van der Waals surface area contributed by atoms with Gasteiger partial charge in [-0.2, -0.15) is 0 Å². The summed E-state index contributed by atoms with van der Waals surface area (Å²) in [6.45, 7) is 2.18. The summed E-state index contributed by atoms with van der Waals surface area (Å²) in [6, 6.07) is 29.8. The van der Waals surface area contributed by atoms with Gasteiger partial charge in [0.1, 0.15) is 17.3 Å². The van der Waals surface area contributed by atoms with Crippen LogP contribution in [0.25, 0.3) is 22.3 Å². The van der Waals surface area contributed by atoms with E-state index >= 15 is 0 Å². The summed E-state index contributed by atoms with van der Waals surface area (Å²) in [5.74, 6) is 2.08. The van der Waals surface area contributed by atoms with Crippen molar-refractivity contribution in [1.82, 2.24) is 9.97 Å². The molecule has 0 aliphatic heterocycles. The molecule has 0 bridgehead atoms. The first-order chi connectivity index (χ1) is 18.1. The number of hydrogen-bond donors (Lipinski definition) is 1. The predicted molar refractivity (Wildman–Crippen MR) is 146 cm³/mol. The van der Waals surface area contributed by atoms with Gasteiger partial charge in [0.05, 0.1) is 22.2 Å². The maximum absolute atomic E-state index is 11.7. The lowest BCUT2D eigenvalue weighted by atomic mass is 10.1. The molecule has 0 saturated carbocycles. The zero-order valence-electron chi connectivity index (χ0n) is 20.4. The van der Waals surface area contributed by atoms with E-state index in [0.29, 0.717) is 28.8 Å². The van der Waals surface area contributed by atoms with Crippen LogP contribution in [0.5, 0.6) is 11.5 Å². The molecular weight excluding hydrogens is 464 g/mol. The number of benzene rings is 4. The average Bonchev–Trinajstić information content (AvgIpc) is 2.92. The van der Waals surface area contributed by atoms with Crippen LogP contribution in [0.15, 0.2) is 97.1 Å². The van der Waals surface area contributed by atoms with Gasteiger partial charge in [-0.1, -0.05) is 67.9 Å². The number of nitrogens with zero attached hydrogens (tertiary/aromatic N) is 3. The third-order valence-electron chi connectivity index (χ3n) is 5.98. The van der Waals surface area contributed by atoms with E-state index in [9.17, 15) is 10.1 Å². The van der Waals surface area contributed by atoms with Crippen LogP contribution in [-0.4, -0.2) is 14.9 Å². The third kappa shape index (κ3) is 5.73. The van der Waals surface area contributed by atoms with Crippen molar-refractivity contribution in [3.8, 4) is 22.9 Å².